The van der Waals surface area contributed by atoms with E-state index in [1.807, 2.05) is 46.1 Å². The highest BCUT2D eigenvalue weighted by Gasteiger charge is 2.24. The van der Waals surface area contributed by atoms with Crippen LogP contribution in [-0.4, -0.2) is 33.7 Å². The van der Waals surface area contributed by atoms with Crippen molar-refractivity contribution in [2.75, 3.05) is 13.1 Å². The minimum atomic E-state index is 0.260. The van der Waals surface area contributed by atoms with Crippen molar-refractivity contribution < 1.29 is 4.79 Å². The number of amides is 1. The van der Waals surface area contributed by atoms with Gasteiger partial charge in [0.1, 0.15) is 0 Å². The van der Waals surface area contributed by atoms with E-state index in [1.54, 1.807) is 6.20 Å². The number of hydrogen-bond acceptors (Lipinski definition) is 2. The van der Waals surface area contributed by atoms with E-state index in [0.29, 0.717) is 12.5 Å². The summed E-state index contributed by atoms with van der Waals surface area (Å²) in [7, 11) is 0. The van der Waals surface area contributed by atoms with Gasteiger partial charge in [-0.3, -0.25) is 9.48 Å². The number of aryl methyl sites for hydroxylation is 1. The number of carbonyl (C=O) groups is 1. The molecule has 1 atom stereocenters. The molecule has 1 amide bonds. The zero-order valence-electron chi connectivity index (χ0n) is 13.2. The molecule has 1 aromatic carbocycles. The number of halogens is 1. The number of carbonyl (C=O) groups excluding carboxylic acids is 1. The van der Waals surface area contributed by atoms with Crippen LogP contribution in [-0.2, 0) is 11.2 Å². The van der Waals surface area contributed by atoms with Crippen LogP contribution in [0.25, 0.3) is 0 Å². The molecule has 2 heterocycles. The van der Waals surface area contributed by atoms with Crippen LogP contribution >= 0.6 is 11.6 Å². The summed E-state index contributed by atoms with van der Waals surface area (Å²) in [4.78, 5) is 14.4. The number of piperidine rings is 1. The van der Waals surface area contributed by atoms with Crippen LogP contribution in [0.15, 0.2) is 42.7 Å². The van der Waals surface area contributed by atoms with Crippen molar-refractivity contribution in [1.82, 2.24) is 14.7 Å². The van der Waals surface area contributed by atoms with Gasteiger partial charge in [-0.25, -0.2) is 0 Å². The Kier molecular flexibility index (Phi) is 5.34. The Bertz CT molecular complexity index is 624. The van der Waals surface area contributed by atoms with Gasteiger partial charge in [0, 0.05) is 36.9 Å². The summed E-state index contributed by atoms with van der Waals surface area (Å²) in [6.45, 7) is 1.65. The monoisotopic (exact) mass is 331 g/mol. The standard InChI is InChI=1S/C18H22ClN3O/c19-16-9-7-15(8-10-16)4-1-6-18(23)21-12-2-5-17(14-21)22-13-3-11-20-22/h3,7-11,13,17H,1-2,4-6,12,14H2. The largest absolute Gasteiger partial charge is 0.341 e. The Morgan fingerprint density at radius 1 is 1.30 bits per heavy atom. The molecule has 0 N–H and O–H groups in total. The fourth-order valence-corrected chi connectivity index (χ4v) is 3.27. The maximum Gasteiger partial charge on any atom is 0.222 e. The van der Waals surface area contributed by atoms with Gasteiger partial charge in [0.25, 0.3) is 0 Å². The van der Waals surface area contributed by atoms with Crippen LogP contribution in [0.4, 0.5) is 0 Å². The van der Waals surface area contributed by atoms with Gasteiger partial charge in [-0.1, -0.05) is 23.7 Å². The SMILES string of the molecule is O=C(CCCc1ccc(Cl)cc1)N1CCCC(n2cccn2)C1. The summed E-state index contributed by atoms with van der Waals surface area (Å²) in [5.41, 5.74) is 1.23. The van der Waals surface area contributed by atoms with Crippen LogP contribution < -0.4 is 0 Å². The molecule has 1 saturated heterocycles. The number of rotatable bonds is 5. The lowest BCUT2D eigenvalue weighted by molar-refractivity contribution is -0.133. The van der Waals surface area contributed by atoms with Gasteiger partial charge in [0.05, 0.1) is 6.04 Å². The fraction of sp³-hybridized carbons (Fsp3) is 0.444. The molecule has 1 aliphatic heterocycles. The second kappa shape index (κ2) is 7.64. The summed E-state index contributed by atoms with van der Waals surface area (Å²) < 4.78 is 1.98. The van der Waals surface area contributed by atoms with E-state index in [0.717, 1.165) is 43.8 Å². The van der Waals surface area contributed by atoms with E-state index in [2.05, 4.69) is 5.10 Å². The quantitative estimate of drug-likeness (QED) is 0.837. The third-order valence-corrected chi connectivity index (χ3v) is 4.67. The van der Waals surface area contributed by atoms with E-state index >= 15 is 0 Å². The van der Waals surface area contributed by atoms with E-state index in [9.17, 15) is 4.79 Å². The van der Waals surface area contributed by atoms with Crippen molar-refractivity contribution >= 4 is 17.5 Å². The topological polar surface area (TPSA) is 38.1 Å². The van der Waals surface area contributed by atoms with Gasteiger partial charge in [0.15, 0.2) is 0 Å². The molecule has 0 spiro atoms. The first-order valence-corrected chi connectivity index (χ1v) is 8.61. The third kappa shape index (κ3) is 4.35. The molecule has 122 valence electrons. The first-order valence-electron chi connectivity index (χ1n) is 8.24. The molecular weight excluding hydrogens is 310 g/mol. The second-order valence-electron chi connectivity index (χ2n) is 6.10. The molecule has 4 nitrogen and oxygen atoms in total. The van der Waals surface area contributed by atoms with Crippen molar-refractivity contribution in [3.05, 3.63) is 53.3 Å². The molecule has 1 aromatic heterocycles. The number of hydrogen-bond donors (Lipinski definition) is 0. The van der Waals surface area contributed by atoms with Gasteiger partial charge >= 0.3 is 0 Å². The first-order chi connectivity index (χ1) is 11.2. The van der Waals surface area contributed by atoms with Crippen LogP contribution in [0.3, 0.4) is 0 Å². The average molecular weight is 332 g/mol. The van der Waals surface area contributed by atoms with Crippen molar-refractivity contribution in [2.24, 2.45) is 0 Å². The molecular formula is C18H22ClN3O. The van der Waals surface area contributed by atoms with E-state index in [4.69, 9.17) is 11.6 Å². The summed E-state index contributed by atoms with van der Waals surface area (Å²) in [5, 5.41) is 5.06. The molecule has 5 heteroatoms. The predicted molar refractivity (Wildman–Crippen MR) is 91.5 cm³/mol. The van der Waals surface area contributed by atoms with Crippen LogP contribution in [0.2, 0.25) is 5.02 Å². The lowest BCUT2D eigenvalue weighted by Gasteiger charge is -2.33. The second-order valence-corrected chi connectivity index (χ2v) is 6.54. The fourth-order valence-electron chi connectivity index (χ4n) is 3.15. The van der Waals surface area contributed by atoms with E-state index in [-0.39, 0.29) is 5.91 Å². The zero-order valence-corrected chi connectivity index (χ0v) is 14.0. The molecule has 0 bridgehead atoms. The Labute approximate surface area is 142 Å². The van der Waals surface area contributed by atoms with Crippen molar-refractivity contribution in [3.8, 4) is 0 Å². The molecule has 0 radical (unpaired) electrons. The lowest BCUT2D eigenvalue weighted by Crippen LogP contribution is -2.40. The highest BCUT2D eigenvalue weighted by atomic mass is 35.5. The van der Waals surface area contributed by atoms with Crippen LogP contribution in [0, 0.1) is 0 Å². The third-order valence-electron chi connectivity index (χ3n) is 4.42. The van der Waals surface area contributed by atoms with Gasteiger partial charge < -0.3 is 4.90 Å². The van der Waals surface area contributed by atoms with Crippen LogP contribution in [0.5, 0.6) is 0 Å². The smallest absolute Gasteiger partial charge is 0.222 e. The van der Waals surface area contributed by atoms with Gasteiger partial charge in [-0.05, 0) is 49.4 Å². The van der Waals surface area contributed by atoms with Crippen molar-refractivity contribution in [2.45, 2.75) is 38.1 Å². The van der Waals surface area contributed by atoms with Crippen LogP contribution in [0.1, 0.15) is 37.3 Å². The number of benzene rings is 1. The molecule has 1 unspecified atom stereocenters. The van der Waals surface area contributed by atoms with Gasteiger partial charge in [-0.2, -0.15) is 5.10 Å². The van der Waals surface area contributed by atoms with E-state index in [1.165, 1.54) is 5.56 Å². The lowest BCUT2D eigenvalue weighted by atomic mass is 10.0. The minimum Gasteiger partial charge on any atom is -0.341 e. The molecule has 2 aromatic rings. The van der Waals surface area contributed by atoms with Gasteiger partial charge in [0.2, 0.25) is 5.91 Å². The Morgan fingerprint density at radius 3 is 2.87 bits per heavy atom. The number of nitrogens with zero attached hydrogens (tertiary/aromatic N) is 3. The van der Waals surface area contributed by atoms with Crippen molar-refractivity contribution in [1.29, 1.82) is 0 Å². The highest BCUT2D eigenvalue weighted by Crippen LogP contribution is 2.21. The van der Waals surface area contributed by atoms with E-state index < -0.39 is 0 Å². The maximum atomic E-state index is 12.4. The number of aromatic nitrogens is 2. The molecule has 1 aliphatic rings. The Hall–Kier alpha value is -1.81. The molecule has 1 fully saturated rings. The minimum absolute atomic E-state index is 0.260. The predicted octanol–water partition coefficient (Wildman–Crippen LogP) is 3.72. The summed E-state index contributed by atoms with van der Waals surface area (Å²) >= 11 is 5.89. The summed E-state index contributed by atoms with van der Waals surface area (Å²) in [5.74, 6) is 0.260. The summed E-state index contributed by atoms with van der Waals surface area (Å²) in [6.07, 6.45) is 8.33. The molecule has 3 rings (SSSR count). The summed E-state index contributed by atoms with van der Waals surface area (Å²) in [6, 6.07) is 10.1. The molecule has 23 heavy (non-hydrogen) atoms. The molecule has 0 saturated carbocycles. The van der Waals surface area contributed by atoms with Crippen molar-refractivity contribution in [3.63, 3.8) is 0 Å². The Balaban J connectivity index is 1.47. The zero-order chi connectivity index (χ0) is 16.1. The average Bonchev–Trinajstić information content (AvgIpc) is 3.11. The highest BCUT2D eigenvalue weighted by molar-refractivity contribution is 6.30. The Morgan fingerprint density at radius 2 is 2.13 bits per heavy atom. The normalized spacial score (nSPS) is 18.1. The number of likely N-dealkylation sites (tertiary alicyclic amines) is 1. The van der Waals surface area contributed by atoms with Gasteiger partial charge in [-0.15, -0.1) is 0 Å². The maximum absolute atomic E-state index is 12.4. The molecule has 0 aliphatic carbocycles. The first kappa shape index (κ1) is 16.1.